The van der Waals surface area contributed by atoms with Gasteiger partial charge in [0.2, 0.25) is 5.72 Å². The molecule has 3 aromatic rings. The molecule has 3 aliphatic rings. The van der Waals surface area contributed by atoms with E-state index in [1.54, 1.807) is 0 Å². The van der Waals surface area contributed by atoms with Crippen molar-refractivity contribution in [3.63, 3.8) is 0 Å². The molecule has 0 aromatic heterocycles. The van der Waals surface area contributed by atoms with Crippen LogP contribution in [0, 0.1) is 0 Å². The number of likely N-dealkylation sites (tertiary alicyclic amines) is 1. The Hall–Kier alpha value is -2.85. The van der Waals surface area contributed by atoms with Crippen LogP contribution in [0.3, 0.4) is 0 Å². The van der Waals surface area contributed by atoms with Crippen LogP contribution in [0.2, 0.25) is 0 Å². The minimum Gasteiger partial charge on any atom is -0.466 e. The van der Waals surface area contributed by atoms with Crippen LogP contribution in [0.5, 0.6) is 5.75 Å². The first-order chi connectivity index (χ1) is 15.3. The second kappa shape index (κ2) is 7.38. The molecule has 158 valence electrons. The van der Waals surface area contributed by atoms with Gasteiger partial charge >= 0.3 is 0 Å². The van der Waals surface area contributed by atoms with Gasteiger partial charge in [0.05, 0.1) is 11.8 Å². The van der Waals surface area contributed by atoms with Crippen molar-refractivity contribution in [1.29, 1.82) is 0 Å². The Labute approximate surface area is 184 Å². The highest BCUT2D eigenvalue weighted by molar-refractivity contribution is 6.11. The Bertz CT molecular complexity index is 1140. The topological polar surface area (TPSA) is 28.1 Å². The van der Waals surface area contributed by atoms with E-state index in [1.807, 2.05) is 0 Å². The minimum absolute atomic E-state index is 0.247. The quantitative estimate of drug-likeness (QED) is 0.563. The fraction of sp³-hybridized carbons (Fsp3) is 0.370. The minimum atomic E-state index is -0.338. The molecule has 0 amide bonds. The van der Waals surface area contributed by atoms with Gasteiger partial charge in [-0.3, -0.25) is 0 Å². The van der Waals surface area contributed by atoms with Gasteiger partial charge in [0, 0.05) is 43.5 Å². The van der Waals surface area contributed by atoms with Crippen LogP contribution >= 0.6 is 0 Å². The van der Waals surface area contributed by atoms with E-state index in [-0.39, 0.29) is 11.8 Å². The van der Waals surface area contributed by atoms with Gasteiger partial charge in [-0.15, -0.1) is 0 Å². The summed E-state index contributed by atoms with van der Waals surface area (Å²) < 4.78 is 6.76. The van der Waals surface area contributed by atoms with Crippen LogP contribution in [0.1, 0.15) is 49.8 Å². The Morgan fingerprint density at radius 3 is 2.61 bits per heavy atom. The van der Waals surface area contributed by atoms with Gasteiger partial charge in [-0.25, -0.2) is 5.01 Å². The first-order valence-corrected chi connectivity index (χ1v) is 11.6. The van der Waals surface area contributed by atoms with Crippen molar-refractivity contribution < 1.29 is 4.74 Å². The van der Waals surface area contributed by atoms with Crippen molar-refractivity contribution in [1.82, 2.24) is 9.91 Å². The van der Waals surface area contributed by atoms with E-state index >= 15 is 0 Å². The molecule has 0 bridgehead atoms. The number of fused-ring (bicyclic) bond motifs is 5. The largest absolute Gasteiger partial charge is 0.466 e. The molecule has 3 heterocycles. The average Bonchev–Trinajstić information content (AvgIpc) is 3.27. The van der Waals surface area contributed by atoms with Crippen LogP contribution in [0.4, 0.5) is 0 Å². The van der Waals surface area contributed by atoms with Gasteiger partial charge in [0.25, 0.3) is 0 Å². The van der Waals surface area contributed by atoms with Crippen molar-refractivity contribution >= 4 is 16.5 Å². The van der Waals surface area contributed by atoms with E-state index in [0.29, 0.717) is 0 Å². The molecule has 4 heteroatoms. The summed E-state index contributed by atoms with van der Waals surface area (Å²) in [6.07, 6.45) is 4.11. The first-order valence-electron chi connectivity index (χ1n) is 11.6. The molecule has 1 saturated heterocycles. The van der Waals surface area contributed by atoms with Crippen molar-refractivity contribution in [2.45, 2.75) is 44.4 Å². The number of para-hydroxylation sites is 1. The molecule has 1 atom stereocenters. The summed E-state index contributed by atoms with van der Waals surface area (Å²) in [6, 6.07) is 24.0. The third kappa shape index (κ3) is 3.04. The van der Waals surface area contributed by atoms with Gasteiger partial charge in [-0.2, -0.15) is 5.10 Å². The number of hydrogen-bond donors (Lipinski definition) is 0. The van der Waals surface area contributed by atoms with E-state index in [9.17, 15) is 0 Å². The number of benzene rings is 3. The molecular formula is C27H29N3O. The van der Waals surface area contributed by atoms with E-state index in [4.69, 9.17) is 9.84 Å². The van der Waals surface area contributed by atoms with Crippen molar-refractivity contribution in [3.05, 3.63) is 77.9 Å². The maximum absolute atomic E-state index is 6.76. The SMILES string of the molecule is CCCN1CCC2(CC1)Oc1ccccc1[C@@H]1CC(c3cccc4ccccc34)=NN12. The van der Waals surface area contributed by atoms with Crippen LogP contribution in [-0.4, -0.2) is 41.0 Å². The number of hydrazone groups is 1. The molecule has 0 saturated carbocycles. The summed E-state index contributed by atoms with van der Waals surface area (Å²) in [5.41, 5.74) is 3.36. The molecule has 4 nitrogen and oxygen atoms in total. The Kier molecular flexibility index (Phi) is 4.50. The van der Waals surface area contributed by atoms with Crippen molar-refractivity contribution in [3.8, 4) is 5.75 Å². The predicted octanol–water partition coefficient (Wildman–Crippen LogP) is 5.59. The molecule has 3 aliphatic heterocycles. The lowest BCUT2D eigenvalue weighted by Gasteiger charge is -2.51. The molecule has 3 aromatic carbocycles. The normalized spacial score (nSPS) is 22.2. The zero-order chi connectivity index (χ0) is 20.8. The van der Waals surface area contributed by atoms with Crippen molar-refractivity contribution in [2.24, 2.45) is 5.10 Å². The lowest BCUT2D eigenvalue weighted by molar-refractivity contribution is -0.149. The molecular weight excluding hydrogens is 382 g/mol. The number of hydrogen-bond acceptors (Lipinski definition) is 4. The molecule has 0 aliphatic carbocycles. The molecule has 6 rings (SSSR count). The first kappa shape index (κ1) is 18.9. The molecule has 0 N–H and O–H groups in total. The van der Waals surface area contributed by atoms with E-state index < -0.39 is 0 Å². The van der Waals surface area contributed by atoms with Gasteiger partial charge in [0.1, 0.15) is 5.75 Å². The summed E-state index contributed by atoms with van der Waals surface area (Å²) in [4.78, 5) is 2.57. The second-order valence-corrected chi connectivity index (χ2v) is 9.07. The predicted molar refractivity (Wildman–Crippen MR) is 125 cm³/mol. The molecule has 1 fully saturated rings. The van der Waals surface area contributed by atoms with E-state index in [1.165, 1.54) is 40.6 Å². The highest BCUT2D eigenvalue weighted by atomic mass is 16.5. The molecule has 31 heavy (non-hydrogen) atoms. The van der Waals surface area contributed by atoms with Gasteiger partial charge in [-0.1, -0.05) is 67.6 Å². The second-order valence-electron chi connectivity index (χ2n) is 9.07. The fourth-order valence-corrected chi connectivity index (χ4v) is 5.64. The smallest absolute Gasteiger partial charge is 0.200 e. The Morgan fingerprint density at radius 1 is 0.968 bits per heavy atom. The van der Waals surface area contributed by atoms with Gasteiger partial charge in [-0.05, 0) is 29.8 Å². The maximum atomic E-state index is 6.76. The lowest BCUT2D eigenvalue weighted by atomic mass is 9.90. The van der Waals surface area contributed by atoms with Crippen molar-refractivity contribution in [2.75, 3.05) is 19.6 Å². The zero-order valence-corrected chi connectivity index (χ0v) is 18.1. The third-order valence-corrected chi connectivity index (χ3v) is 7.18. The molecule has 0 radical (unpaired) electrons. The highest BCUT2D eigenvalue weighted by Crippen LogP contribution is 2.50. The summed E-state index contributed by atoms with van der Waals surface area (Å²) >= 11 is 0. The summed E-state index contributed by atoms with van der Waals surface area (Å²) in [6.45, 7) is 5.56. The Balaban J connectivity index is 1.42. The van der Waals surface area contributed by atoms with E-state index in [2.05, 4.69) is 83.6 Å². The number of rotatable bonds is 3. The Morgan fingerprint density at radius 2 is 1.74 bits per heavy atom. The maximum Gasteiger partial charge on any atom is 0.200 e. The van der Waals surface area contributed by atoms with Gasteiger partial charge < -0.3 is 9.64 Å². The van der Waals surface area contributed by atoms with Crippen LogP contribution in [0.25, 0.3) is 10.8 Å². The lowest BCUT2D eigenvalue weighted by Crippen LogP contribution is -2.59. The highest BCUT2D eigenvalue weighted by Gasteiger charge is 2.51. The van der Waals surface area contributed by atoms with Crippen LogP contribution in [0.15, 0.2) is 71.8 Å². The summed E-state index contributed by atoms with van der Waals surface area (Å²) in [5.74, 6) is 1.04. The van der Waals surface area contributed by atoms with Crippen LogP contribution in [-0.2, 0) is 0 Å². The van der Waals surface area contributed by atoms with Gasteiger partial charge in [0.15, 0.2) is 0 Å². The summed E-state index contributed by atoms with van der Waals surface area (Å²) in [5, 5.41) is 10.2. The standard InChI is InChI=1S/C27H29N3O/c1-2-16-29-17-14-27(15-18-29)30-25(23-11-5-6-13-26(23)31-27)19-24(28-30)22-12-7-9-20-8-3-4-10-21(20)22/h3-13,25H,2,14-19H2,1H3/t25-/m0/s1. The summed E-state index contributed by atoms with van der Waals surface area (Å²) in [7, 11) is 0. The molecule has 1 spiro atoms. The van der Waals surface area contributed by atoms with Crippen LogP contribution < -0.4 is 4.74 Å². The number of ether oxygens (including phenoxy) is 1. The number of piperidine rings is 1. The molecule has 0 unspecified atom stereocenters. The fourth-order valence-electron chi connectivity index (χ4n) is 5.64. The average molecular weight is 412 g/mol. The monoisotopic (exact) mass is 411 g/mol. The zero-order valence-electron chi connectivity index (χ0n) is 18.1. The third-order valence-electron chi connectivity index (χ3n) is 7.18. The number of nitrogens with zero attached hydrogens (tertiary/aromatic N) is 3. The van der Waals surface area contributed by atoms with E-state index in [0.717, 1.165) is 38.1 Å².